The minimum Gasteiger partial charge on any atom is -0.316 e. The lowest BCUT2D eigenvalue weighted by molar-refractivity contribution is 0.606. The molecule has 0 amide bonds. The minimum atomic E-state index is 0.701. The summed E-state index contributed by atoms with van der Waals surface area (Å²) in [7, 11) is 0. The van der Waals surface area contributed by atoms with Crippen LogP contribution in [0.2, 0.25) is 0 Å². The highest BCUT2D eigenvalue weighted by molar-refractivity contribution is 5.05. The van der Waals surface area contributed by atoms with E-state index in [1.54, 1.807) is 5.57 Å². The zero-order valence-corrected chi connectivity index (χ0v) is 9.60. The maximum Gasteiger partial charge on any atom is 0.0621 e. The van der Waals surface area contributed by atoms with Crippen molar-refractivity contribution in [3.8, 4) is 6.07 Å². The summed E-state index contributed by atoms with van der Waals surface area (Å²) in [5.74, 6) is 0. The van der Waals surface area contributed by atoms with Crippen molar-refractivity contribution in [3.63, 3.8) is 0 Å². The van der Waals surface area contributed by atoms with Gasteiger partial charge in [-0.3, -0.25) is 0 Å². The molecule has 2 heteroatoms. The highest BCUT2D eigenvalue weighted by Gasteiger charge is 2.02. The van der Waals surface area contributed by atoms with Gasteiger partial charge in [0.05, 0.1) is 6.07 Å². The topological polar surface area (TPSA) is 35.8 Å². The summed E-state index contributed by atoms with van der Waals surface area (Å²) in [5, 5.41) is 11.8. The Balaban J connectivity index is 1.88. The molecular weight excluding hydrogens is 184 g/mol. The first-order valence-corrected chi connectivity index (χ1v) is 6.19. The van der Waals surface area contributed by atoms with E-state index in [4.69, 9.17) is 5.26 Å². The third kappa shape index (κ3) is 6.30. The van der Waals surface area contributed by atoms with Crippen LogP contribution in [0.1, 0.15) is 51.4 Å². The van der Waals surface area contributed by atoms with Gasteiger partial charge < -0.3 is 5.32 Å². The fraction of sp³-hybridized carbons (Fsp3) is 0.769. The SMILES string of the molecule is N#CCCCCNCCC1=CCCCC1. The van der Waals surface area contributed by atoms with E-state index in [0.29, 0.717) is 6.42 Å². The van der Waals surface area contributed by atoms with Crippen LogP contribution in [0.4, 0.5) is 0 Å². The summed E-state index contributed by atoms with van der Waals surface area (Å²) < 4.78 is 0. The summed E-state index contributed by atoms with van der Waals surface area (Å²) in [6.45, 7) is 2.17. The van der Waals surface area contributed by atoms with Gasteiger partial charge in [0.2, 0.25) is 0 Å². The van der Waals surface area contributed by atoms with Crippen LogP contribution < -0.4 is 5.32 Å². The predicted octanol–water partition coefficient (Wildman–Crippen LogP) is 3.16. The molecule has 1 aliphatic rings. The molecule has 1 aliphatic carbocycles. The molecule has 0 radical (unpaired) electrons. The van der Waals surface area contributed by atoms with Crippen molar-refractivity contribution in [2.45, 2.75) is 51.4 Å². The van der Waals surface area contributed by atoms with E-state index >= 15 is 0 Å². The van der Waals surface area contributed by atoms with Gasteiger partial charge in [-0.1, -0.05) is 11.6 Å². The maximum atomic E-state index is 8.36. The quantitative estimate of drug-likeness (QED) is 0.513. The molecule has 0 fully saturated rings. The third-order valence-electron chi connectivity index (χ3n) is 2.90. The van der Waals surface area contributed by atoms with Crippen molar-refractivity contribution >= 4 is 0 Å². The molecule has 1 N–H and O–H groups in total. The zero-order chi connectivity index (χ0) is 10.8. The molecule has 15 heavy (non-hydrogen) atoms. The lowest BCUT2D eigenvalue weighted by Gasteiger charge is -2.12. The summed E-state index contributed by atoms with van der Waals surface area (Å²) in [5.41, 5.74) is 1.64. The van der Waals surface area contributed by atoms with Crippen LogP contribution in [-0.2, 0) is 0 Å². The number of nitrogens with zero attached hydrogens (tertiary/aromatic N) is 1. The Hall–Kier alpha value is -0.810. The number of hydrogen-bond acceptors (Lipinski definition) is 2. The number of hydrogen-bond donors (Lipinski definition) is 1. The van der Waals surface area contributed by atoms with Crippen molar-refractivity contribution in [2.24, 2.45) is 0 Å². The second-order valence-electron chi connectivity index (χ2n) is 4.22. The molecule has 0 aromatic carbocycles. The van der Waals surface area contributed by atoms with Gasteiger partial charge in [-0.25, -0.2) is 0 Å². The highest BCUT2D eigenvalue weighted by atomic mass is 14.8. The zero-order valence-electron chi connectivity index (χ0n) is 9.60. The van der Waals surface area contributed by atoms with Gasteiger partial charge in [0.25, 0.3) is 0 Å². The molecule has 0 bridgehead atoms. The lowest BCUT2D eigenvalue weighted by atomic mass is 9.97. The number of unbranched alkanes of at least 4 members (excludes halogenated alkanes) is 2. The van der Waals surface area contributed by atoms with E-state index < -0.39 is 0 Å². The molecule has 0 aliphatic heterocycles. The number of rotatable bonds is 7. The predicted molar refractivity (Wildman–Crippen MR) is 63.5 cm³/mol. The number of nitrogens with one attached hydrogen (secondary N) is 1. The van der Waals surface area contributed by atoms with E-state index in [1.807, 2.05) is 0 Å². The van der Waals surface area contributed by atoms with Gasteiger partial charge in [-0.05, 0) is 58.0 Å². The van der Waals surface area contributed by atoms with Crippen molar-refractivity contribution in [3.05, 3.63) is 11.6 Å². The first-order chi connectivity index (χ1) is 7.43. The van der Waals surface area contributed by atoms with Crippen LogP contribution in [0.5, 0.6) is 0 Å². The average molecular weight is 206 g/mol. The summed E-state index contributed by atoms with van der Waals surface area (Å²) in [6, 6.07) is 2.17. The lowest BCUT2D eigenvalue weighted by Crippen LogP contribution is -2.17. The van der Waals surface area contributed by atoms with E-state index in [1.165, 1.54) is 32.1 Å². The van der Waals surface area contributed by atoms with E-state index in [0.717, 1.165) is 25.9 Å². The second-order valence-corrected chi connectivity index (χ2v) is 4.22. The van der Waals surface area contributed by atoms with Gasteiger partial charge in [-0.2, -0.15) is 5.26 Å². The Labute approximate surface area is 93.4 Å². The van der Waals surface area contributed by atoms with E-state index in [-0.39, 0.29) is 0 Å². The van der Waals surface area contributed by atoms with Crippen molar-refractivity contribution < 1.29 is 0 Å². The Bertz CT molecular complexity index is 225. The molecule has 84 valence electrons. The normalized spacial score (nSPS) is 15.8. The van der Waals surface area contributed by atoms with Crippen LogP contribution in [0.15, 0.2) is 11.6 Å². The molecule has 0 aromatic heterocycles. The van der Waals surface area contributed by atoms with E-state index in [2.05, 4.69) is 17.5 Å². The van der Waals surface area contributed by atoms with Gasteiger partial charge in [0.15, 0.2) is 0 Å². The minimum absolute atomic E-state index is 0.701. The average Bonchev–Trinajstić information content (AvgIpc) is 2.29. The molecule has 0 saturated carbocycles. The van der Waals surface area contributed by atoms with Crippen LogP contribution in [0.25, 0.3) is 0 Å². The molecule has 0 aromatic rings. The first kappa shape index (κ1) is 12.3. The largest absolute Gasteiger partial charge is 0.316 e. The van der Waals surface area contributed by atoms with Crippen molar-refractivity contribution in [2.75, 3.05) is 13.1 Å². The Kier molecular flexibility index (Phi) is 6.94. The van der Waals surface area contributed by atoms with Crippen molar-refractivity contribution in [1.29, 1.82) is 5.26 Å². The molecule has 0 spiro atoms. The highest BCUT2D eigenvalue weighted by Crippen LogP contribution is 2.19. The van der Waals surface area contributed by atoms with E-state index in [9.17, 15) is 0 Å². The van der Waals surface area contributed by atoms with Crippen LogP contribution >= 0.6 is 0 Å². The summed E-state index contributed by atoms with van der Waals surface area (Å²) >= 11 is 0. The fourth-order valence-corrected chi connectivity index (χ4v) is 1.96. The number of allylic oxidation sites excluding steroid dienone is 1. The van der Waals surface area contributed by atoms with Crippen LogP contribution in [-0.4, -0.2) is 13.1 Å². The molecule has 0 atom stereocenters. The van der Waals surface area contributed by atoms with Gasteiger partial charge >= 0.3 is 0 Å². The second kappa shape index (κ2) is 8.49. The molecule has 0 unspecified atom stereocenters. The smallest absolute Gasteiger partial charge is 0.0621 e. The molecule has 0 saturated heterocycles. The summed E-state index contributed by atoms with van der Waals surface area (Å²) in [6.07, 6.45) is 11.9. The molecule has 2 nitrogen and oxygen atoms in total. The van der Waals surface area contributed by atoms with Crippen LogP contribution in [0, 0.1) is 11.3 Å². The monoisotopic (exact) mass is 206 g/mol. The third-order valence-corrected chi connectivity index (χ3v) is 2.90. The number of nitriles is 1. The molecule has 1 rings (SSSR count). The van der Waals surface area contributed by atoms with Gasteiger partial charge in [0, 0.05) is 6.42 Å². The van der Waals surface area contributed by atoms with Crippen molar-refractivity contribution in [1.82, 2.24) is 5.32 Å². The first-order valence-electron chi connectivity index (χ1n) is 6.19. The molecule has 0 heterocycles. The standard InChI is InChI=1S/C13H22N2/c14-10-5-2-6-11-15-12-9-13-7-3-1-4-8-13/h7,15H,1-6,8-9,11-12H2. The summed E-state index contributed by atoms with van der Waals surface area (Å²) in [4.78, 5) is 0. The maximum absolute atomic E-state index is 8.36. The Morgan fingerprint density at radius 2 is 2.20 bits per heavy atom. The fourth-order valence-electron chi connectivity index (χ4n) is 1.96. The Morgan fingerprint density at radius 1 is 1.27 bits per heavy atom. The van der Waals surface area contributed by atoms with Crippen LogP contribution in [0.3, 0.4) is 0 Å². The van der Waals surface area contributed by atoms with Gasteiger partial charge in [-0.15, -0.1) is 0 Å². The van der Waals surface area contributed by atoms with Gasteiger partial charge in [0.1, 0.15) is 0 Å². The Morgan fingerprint density at radius 3 is 2.93 bits per heavy atom. The molecular formula is C13H22N2.